The fraction of sp³-hybridized carbons (Fsp3) is 0.0233. The van der Waals surface area contributed by atoms with Crippen molar-refractivity contribution in [3.05, 3.63) is 163 Å². The van der Waals surface area contributed by atoms with Crippen molar-refractivity contribution in [2.75, 3.05) is 0 Å². The maximum Gasteiger partial charge on any atom is 0.0620 e. The van der Waals surface area contributed by atoms with Gasteiger partial charge in [0.05, 0.1) is 16.6 Å². The van der Waals surface area contributed by atoms with Gasteiger partial charge in [0.2, 0.25) is 0 Å². The zero-order chi connectivity index (χ0) is 29.2. The monoisotopic (exact) mass is 559 g/mol. The Morgan fingerprint density at radius 3 is 1.45 bits per heavy atom. The summed E-state index contributed by atoms with van der Waals surface area (Å²) >= 11 is 0. The van der Waals surface area contributed by atoms with Crippen LogP contribution < -0.4 is 0 Å². The fourth-order valence-corrected chi connectivity index (χ4v) is 7.07. The summed E-state index contributed by atoms with van der Waals surface area (Å²) < 4.78 is 2.45. The molecule has 0 aliphatic heterocycles. The minimum Gasteiger partial charge on any atom is -0.308 e. The van der Waals surface area contributed by atoms with Crippen LogP contribution in [0.15, 0.2) is 158 Å². The van der Waals surface area contributed by atoms with Gasteiger partial charge in [0.1, 0.15) is 0 Å². The molecule has 0 bridgehead atoms. The number of hydrogen-bond acceptors (Lipinski definition) is 0. The van der Waals surface area contributed by atoms with Crippen molar-refractivity contribution < 1.29 is 0 Å². The third-order valence-corrected chi connectivity index (χ3v) is 9.16. The zero-order valence-electron chi connectivity index (χ0n) is 24.5. The van der Waals surface area contributed by atoms with Gasteiger partial charge in [-0.15, -0.1) is 0 Å². The Morgan fingerprint density at radius 1 is 0.318 bits per heavy atom. The van der Waals surface area contributed by atoms with Gasteiger partial charge in [-0.1, -0.05) is 115 Å². The Balaban J connectivity index is 1.11. The highest BCUT2D eigenvalue weighted by atomic mass is 14.9. The molecule has 0 aliphatic rings. The van der Waals surface area contributed by atoms with E-state index in [4.69, 9.17) is 0 Å². The van der Waals surface area contributed by atoms with Crippen molar-refractivity contribution >= 4 is 38.1 Å². The first kappa shape index (κ1) is 24.9. The molecule has 9 aromatic rings. The van der Waals surface area contributed by atoms with E-state index in [1.165, 1.54) is 88.2 Å². The summed E-state index contributed by atoms with van der Waals surface area (Å²) in [6, 6.07) is 57.7. The van der Waals surface area contributed by atoms with Crippen molar-refractivity contribution in [2.24, 2.45) is 0 Å². The Labute approximate surface area is 256 Å². The normalized spacial score (nSPS) is 11.8. The lowest BCUT2D eigenvalue weighted by Gasteiger charge is -2.10. The van der Waals surface area contributed by atoms with Crippen LogP contribution in [0.4, 0.5) is 0 Å². The first-order chi connectivity index (χ1) is 21.7. The molecule has 0 saturated carbocycles. The van der Waals surface area contributed by atoms with Crippen molar-refractivity contribution in [1.82, 2.24) is 4.40 Å². The molecule has 0 unspecified atom stereocenters. The highest BCUT2D eigenvalue weighted by Gasteiger charge is 2.18. The Morgan fingerprint density at radius 2 is 0.773 bits per heavy atom. The first-order valence-corrected chi connectivity index (χ1v) is 15.3. The number of nitrogens with zero attached hydrogens (tertiary/aromatic N) is 1. The zero-order valence-corrected chi connectivity index (χ0v) is 24.5. The molecule has 2 aromatic heterocycles. The van der Waals surface area contributed by atoms with E-state index in [9.17, 15) is 0 Å². The number of hydrogen-bond donors (Lipinski definition) is 0. The van der Waals surface area contributed by atoms with Crippen LogP contribution in [0, 0.1) is 6.92 Å². The summed E-state index contributed by atoms with van der Waals surface area (Å²) in [5.41, 5.74) is 15.0. The summed E-state index contributed by atoms with van der Waals surface area (Å²) in [4.78, 5) is 0. The highest BCUT2D eigenvalue weighted by Crippen LogP contribution is 2.41. The minimum absolute atomic E-state index is 1.22. The molecule has 1 heteroatoms. The summed E-state index contributed by atoms with van der Waals surface area (Å²) in [5.74, 6) is 0. The predicted molar refractivity (Wildman–Crippen MR) is 188 cm³/mol. The number of aromatic nitrogens is 1. The van der Waals surface area contributed by atoms with E-state index < -0.39 is 0 Å². The SMILES string of the molecule is Cc1cc2c3ccccc3n3c4ccc(-c5cccc(-c6cccc(-c7ccc(-c8ccccc8)cc7)c6)c5)cc4c(c1)c23. The lowest BCUT2D eigenvalue weighted by molar-refractivity contribution is 1.37. The van der Waals surface area contributed by atoms with Gasteiger partial charge in [-0.05, 0) is 99.5 Å². The van der Waals surface area contributed by atoms with Crippen molar-refractivity contribution in [3.63, 3.8) is 0 Å². The van der Waals surface area contributed by atoms with Crippen LogP contribution in [-0.2, 0) is 0 Å². The second-order valence-corrected chi connectivity index (χ2v) is 11.9. The van der Waals surface area contributed by atoms with Gasteiger partial charge in [-0.2, -0.15) is 0 Å². The number of aryl methyl sites for hydroxylation is 1. The lowest BCUT2D eigenvalue weighted by atomic mass is 9.95. The van der Waals surface area contributed by atoms with Crippen molar-refractivity contribution in [2.45, 2.75) is 6.92 Å². The maximum absolute atomic E-state index is 2.45. The molecule has 0 aliphatic carbocycles. The average Bonchev–Trinajstić information content (AvgIpc) is 3.59. The van der Waals surface area contributed by atoms with E-state index in [2.05, 4.69) is 169 Å². The van der Waals surface area contributed by atoms with Crippen molar-refractivity contribution in [1.29, 1.82) is 0 Å². The molecule has 2 heterocycles. The van der Waals surface area contributed by atoms with Crippen LogP contribution in [-0.4, -0.2) is 4.40 Å². The first-order valence-electron chi connectivity index (χ1n) is 15.3. The molecular weight excluding hydrogens is 530 g/mol. The second-order valence-electron chi connectivity index (χ2n) is 11.9. The second kappa shape index (κ2) is 9.69. The van der Waals surface area contributed by atoms with Crippen LogP contribution in [0.2, 0.25) is 0 Å². The van der Waals surface area contributed by atoms with Crippen molar-refractivity contribution in [3.8, 4) is 44.5 Å². The minimum atomic E-state index is 1.22. The third kappa shape index (κ3) is 3.87. The number of rotatable bonds is 4. The molecule has 0 N–H and O–H groups in total. The molecule has 1 nitrogen and oxygen atoms in total. The molecule has 0 atom stereocenters. The molecule has 0 radical (unpaired) electrons. The van der Waals surface area contributed by atoms with Gasteiger partial charge in [0, 0.05) is 21.5 Å². The molecular formula is C43H29N. The quantitative estimate of drug-likeness (QED) is 0.202. The van der Waals surface area contributed by atoms with E-state index in [-0.39, 0.29) is 0 Å². The van der Waals surface area contributed by atoms with Gasteiger partial charge < -0.3 is 4.40 Å². The summed E-state index contributed by atoms with van der Waals surface area (Å²) in [5, 5.41) is 5.30. The lowest BCUT2D eigenvalue weighted by Crippen LogP contribution is -1.85. The largest absolute Gasteiger partial charge is 0.308 e. The smallest absolute Gasteiger partial charge is 0.0620 e. The molecule has 9 rings (SSSR count). The van der Waals surface area contributed by atoms with Crippen LogP contribution >= 0.6 is 0 Å². The van der Waals surface area contributed by atoms with E-state index in [1.807, 2.05) is 0 Å². The van der Waals surface area contributed by atoms with Gasteiger partial charge in [0.15, 0.2) is 0 Å². The predicted octanol–water partition coefficient (Wildman–Crippen LogP) is 11.8. The van der Waals surface area contributed by atoms with E-state index in [0.717, 1.165) is 0 Å². The van der Waals surface area contributed by atoms with E-state index in [0.29, 0.717) is 0 Å². The van der Waals surface area contributed by atoms with Gasteiger partial charge in [-0.25, -0.2) is 0 Å². The Kier molecular flexibility index (Phi) is 5.48. The Bertz CT molecular complexity index is 2480. The number of benzene rings is 7. The topological polar surface area (TPSA) is 4.41 Å². The van der Waals surface area contributed by atoms with Gasteiger partial charge in [-0.3, -0.25) is 0 Å². The average molecular weight is 560 g/mol. The molecule has 206 valence electrons. The van der Waals surface area contributed by atoms with Gasteiger partial charge in [0.25, 0.3) is 0 Å². The summed E-state index contributed by atoms with van der Waals surface area (Å²) in [7, 11) is 0. The fourth-order valence-electron chi connectivity index (χ4n) is 7.07. The molecule has 44 heavy (non-hydrogen) atoms. The number of para-hydroxylation sites is 1. The Hall–Kier alpha value is -5.66. The third-order valence-electron chi connectivity index (χ3n) is 9.16. The van der Waals surface area contributed by atoms with Gasteiger partial charge >= 0.3 is 0 Å². The van der Waals surface area contributed by atoms with Crippen LogP contribution in [0.1, 0.15) is 5.56 Å². The van der Waals surface area contributed by atoms with E-state index >= 15 is 0 Å². The van der Waals surface area contributed by atoms with Crippen LogP contribution in [0.25, 0.3) is 82.6 Å². The number of fused-ring (bicyclic) bond motifs is 6. The standard InChI is InChI=1S/C43H29N/c1-28-23-39-37-15-5-6-16-41(37)44-42-22-21-36(27-38(42)40(24-28)43(39)44)35-14-8-13-34(26-35)33-12-7-11-32(25-33)31-19-17-30(18-20-31)29-9-3-2-4-10-29/h2-27H,1H3. The van der Waals surface area contributed by atoms with E-state index in [1.54, 1.807) is 0 Å². The molecule has 7 aromatic carbocycles. The molecule has 0 amide bonds. The summed E-state index contributed by atoms with van der Waals surface area (Å²) in [6.45, 7) is 2.21. The molecule has 0 saturated heterocycles. The maximum atomic E-state index is 2.45. The highest BCUT2D eigenvalue weighted by molar-refractivity contribution is 6.23. The molecule has 0 fully saturated rings. The molecule has 0 spiro atoms. The van der Waals surface area contributed by atoms with Crippen LogP contribution in [0.5, 0.6) is 0 Å². The van der Waals surface area contributed by atoms with Crippen LogP contribution in [0.3, 0.4) is 0 Å². The summed E-state index contributed by atoms with van der Waals surface area (Å²) in [6.07, 6.45) is 0.